The van der Waals surface area contributed by atoms with Crippen molar-refractivity contribution in [2.75, 3.05) is 11.5 Å². The minimum atomic E-state index is -0.227. The van der Waals surface area contributed by atoms with Gasteiger partial charge in [-0.2, -0.15) is 0 Å². The molecule has 1 fully saturated rings. The summed E-state index contributed by atoms with van der Waals surface area (Å²) < 4.78 is 6.00. The second-order valence-electron chi connectivity index (χ2n) is 8.30. The van der Waals surface area contributed by atoms with Crippen molar-refractivity contribution in [3.05, 3.63) is 90.0 Å². The van der Waals surface area contributed by atoms with Crippen LogP contribution in [0.5, 0.6) is 0 Å². The Balaban J connectivity index is 1.39. The van der Waals surface area contributed by atoms with Crippen molar-refractivity contribution in [2.24, 2.45) is 0 Å². The van der Waals surface area contributed by atoms with Crippen LogP contribution in [0.3, 0.4) is 0 Å². The lowest BCUT2D eigenvalue weighted by Gasteiger charge is -2.34. The highest BCUT2D eigenvalue weighted by Gasteiger charge is 2.32. The minimum Gasteiger partial charge on any atom is -0.448 e. The summed E-state index contributed by atoms with van der Waals surface area (Å²) in [6.45, 7) is 0.364. The molecule has 0 N–H and O–H groups in total. The summed E-state index contributed by atoms with van der Waals surface area (Å²) in [6.07, 6.45) is 5.45. The fourth-order valence-corrected chi connectivity index (χ4v) is 5.06. The van der Waals surface area contributed by atoms with Gasteiger partial charge in [0.2, 0.25) is 0 Å². The van der Waals surface area contributed by atoms with Gasteiger partial charge < -0.3 is 4.74 Å². The third-order valence-electron chi connectivity index (χ3n) is 6.51. The van der Waals surface area contributed by atoms with Crippen molar-refractivity contribution < 1.29 is 9.53 Å². The summed E-state index contributed by atoms with van der Waals surface area (Å²) >= 11 is 0. The number of nitrogens with zero attached hydrogens (tertiary/aromatic N) is 1. The SMILES string of the molecule is O=C(OCC1c2ccccc2-c2ccccc21)N(c1ccccc1)C1CCCCC1. The van der Waals surface area contributed by atoms with Gasteiger partial charge in [0, 0.05) is 17.6 Å². The first-order chi connectivity index (χ1) is 14.8. The molecule has 1 amide bonds. The lowest BCUT2D eigenvalue weighted by Crippen LogP contribution is -2.42. The van der Waals surface area contributed by atoms with E-state index >= 15 is 0 Å². The predicted molar refractivity (Wildman–Crippen MR) is 121 cm³/mol. The molecule has 1 saturated carbocycles. The molecule has 0 heterocycles. The van der Waals surface area contributed by atoms with Crippen molar-refractivity contribution in [3.8, 4) is 11.1 Å². The number of fused-ring (bicyclic) bond motifs is 3. The maximum Gasteiger partial charge on any atom is 0.414 e. The van der Waals surface area contributed by atoms with Crippen LogP contribution in [0.25, 0.3) is 11.1 Å². The summed E-state index contributed by atoms with van der Waals surface area (Å²) in [5, 5.41) is 0. The average molecular weight is 398 g/mol. The van der Waals surface area contributed by atoms with Gasteiger partial charge in [0.1, 0.15) is 6.61 Å². The van der Waals surface area contributed by atoms with Crippen LogP contribution in [-0.2, 0) is 4.74 Å². The molecule has 0 spiro atoms. The molecule has 0 unspecified atom stereocenters. The quantitative estimate of drug-likeness (QED) is 0.486. The first kappa shape index (κ1) is 18.9. The van der Waals surface area contributed by atoms with E-state index in [1.54, 1.807) is 0 Å². The van der Waals surface area contributed by atoms with Gasteiger partial charge in [-0.3, -0.25) is 4.90 Å². The van der Waals surface area contributed by atoms with Gasteiger partial charge in [-0.1, -0.05) is 86.0 Å². The van der Waals surface area contributed by atoms with Crippen molar-refractivity contribution in [2.45, 2.75) is 44.1 Å². The number of hydrogen-bond acceptors (Lipinski definition) is 2. The topological polar surface area (TPSA) is 29.5 Å². The molecule has 2 aliphatic carbocycles. The van der Waals surface area contributed by atoms with Gasteiger partial charge in [0.05, 0.1) is 0 Å². The van der Waals surface area contributed by atoms with Crippen LogP contribution >= 0.6 is 0 Å². The number of benzene rings is 3. The molecule has 0 saturated heterocycles. The van der Waals surface area contributed by atoms with Gasteiger partial charge in [0.25, 0.3) is 0 Å². The van der Waals surface area contributed by atoms with Gasteiger partial charge in [-0.15, -0.1) is 0 Å². The molecule has 0 radical (unpaired) electrons. The molecule has 5 rings (SSSR count). The van der Waals surface area contributed by atoms with E-state index in [0.29, 0.717) is 6.61 Å². The third-order valence-corrected chi connectivity index (χ3v) is 6.51. The van der Waals surface area contributed by atoms with E-state index in [2.05, 4.69) is 48.5 Å². The number of amides is 1. The standard InChI is InChI=1S/C27H27NO2/c29-27(28(20-11-3-1-4-12-20)21-13-5-2-6-14-21)30-19-26-24-17-9-7-15-22(24)23-16-8-10-18-25(23)26/h1,3-4,7-12,15-18,21,26H,2,5-6,13-14,19H2. The van der Waals surface area contributed by atoms with Gasteiger partial charge in [-0.05, 0) is 47.2 Å². The fourth-order valence-electron chi connectivity index (χ4n) is 5.06. The highest BCUT2D eigenvalue weighted by molar-refractivity contribution is 5.88. The van der Waals surface area contributed by atoms with E-state index in [9.17, 15) is 4.79 Å². The van der Waals surface area contributed by atoms with E-state index in [0.717, 1.165) is 18.5 Å². The van der Waals surface area contributed by atoms with Crippen LogP contribution in [0.15, 0.2) is 78.9 Å². The molecular weight excluding hydrogens is 370 g/mol. The maximum absolute atomic E-state index is 13.3. The zero-order chi connectivity index (χ0) is 20.3. The van der Waals surface area contributed by atoms with Gasteiger partial charge in [-0.25, -0.2) is 4.79 Å². The Kier molecular flexibility index (Phi) is 5.27. The number of ether oxygens (including phenoxy) is 1. The van der Waals surface area contributed by atoms with E-state index in [1.165, 1.54) is 41.5 Å². The summed E-state index contributed by atoms with van der Waals surface area (Å²) in [6, 6.07) is 27.1. The van der Waals surface area contributed by atoms with Crippen LogP contribution in [-0.4, -0.2) is 18.7 Å². The second-order valence-corrected chi connectivity index (χ2v) is 8.30. The largest absolute Gasteiger partial charge is 0.448 e. The van der Waals surface area contributed by atoms with Crippen LogP contribution in [0.4, 0.5) is 10.5 Å². The van der Waals surface area contributed by atoms with Crippen LogP contribution < -0.4 is 4.90 Å². The highest BCUT2D eigenvalue weighted by atomic mass is 16.6. The van der Waals surface area contributed by atoms with Crippen molar-refractivity contribution in [3.63, 3.8) is 0 Å². The summed E-state index contributed by atoms with van der Waals surface area (Å²) in [5.41, 5.74) is 5.93. The monoisotopic (exact) mass is 397 g/mol. The second kappa shape index (κ2) is 8.35. The molecule has 2 aliphatic rings. The van der Waals surface area contributed by atoms with E-state index in [-0.39, 0.29) is 18.1 Å². The lowest BCUT2D eigenvalue weighted by atomic mass is 9.94. The number of hydrogen-bond donors (Lipinski definition) is 0. The zero-order valence-electron chi connectivity index (χ0n) is 17.2. The molecule has 0 atom stereocenters. The number of carbonyl (C=O) groups is 1. The molecule has 0 aromatic heterocycles. The van der Waals surface area contributed by atoms with E-state index in [4.69, 9.17) is 4.74 Å². The first-order valence-corrected chi connectivity index (χ1v) is 11.0. The number of anilines is 1. The molecule has 0 aliphatic heterocycles. The molecule has 3 nitrogen and oxygen atoms in total. The Labute approximate surface area is 178 Å². The van der Waals surface area contributed by atoms with E-state index < -0.39 is 0 Å². The van der Waals surface area contributed by atoms with Crippen molar-refractivity contribution >= 4 is 11.8 Å². The van der Waals surface area contributed by atoms with Crippen LogP contribution in [0.1, 0.15) is 49.1 Å². The summed E-state index contributed by atoms with van der Waals surface area (Å²) in [5.74, 6) is 0.0883. The van der Waals surface area contributed by atoms with E-state index in [1.807, 2.05) is 35.2 Å². The van der Waals surface area contributed by atoms with Gasteiger partial charge >= 0.3 is 6.09 Å². The third kappa shape index (κ3) is 3.49. The molecule has 3 aromatic rings. The Bertz CT molecular complexity index is 978. The predicted octanol–water partition coefficient (Wildman–Crippen LogP) is 6.77. The smallest absolute Gasteiger partial charge is 0.414 e. The van der Waals surface area contributed by atoms with Crippen LogP contribution in [0, 0.1) is 0 Å². The summed E-state index contributed by atoms with van der Waals surface area (Å²) in [7, 11) is 0. The number of para-hydroxylation sites is 1. The van der Waals surface area contributed by atoms with Crippen molar-refractivity contribution in [1.29, 1.82) is 0 Å². The molecule has 3 aromatic carbocycles. The number of carbonyl (C=O) groups excluding carboxylic acids is 1. The summed E-state index contributed by atoms with van der Waals surface area (Å²) in [4.78, 5) is 15.2. The minimum absolute atomic E-state index is 0.0883. The number of rotatable bonds is 4. The molecule has 30 heavy (non-hydrogen) atoms. The van der Waals surface area contributed by atoms with Crippen molar-refractivity contribution in [1.82, 2.24) is 0 Å². The molecule has 3 heteroatoms. The first-order valence-electron chi connectivity index (χ1n) is 11.0. The maximum atomic E-state index is 13.3. The molecular formula is C27H27NO2. The highest BCUT2D eigenvalue weighted by Crippen LogP contribution is 2.44. The Hall–Kier alpha value is -3.07. The van der Waals surface area contributed by atoms with Crippen LogP contribution in [0.2, 0.25) is 0 Å². The molecule has 152 valence electrons. The Morgan fingerprint density at radius 2 is 1.33 bits per heavy atom. The van der Waals surface area contributed by atoms with Gasteiger partial charge in [0.15, 0.2) is 0 Å². The molecule has 0 bridgehead atoms. The zero-order valence-corrected chi connectivity index (χ0v) is 17.2. The Morgan fingerprint density at radius 3 is 1.97 bits per heavy atom. The Morgan fingerprint density at radius 1 is 0.767 bits per heavy atom. The lowest BCUT2D eigenvalue weighted by molar-refractivity contribution is 0.146. The fraction of sp³-hybridized carbons (Fsp3) is 0.296. The normalized spacial score (nSPS) is 16.0. The average Bonchev–Trinajstić information content (AvgIpc) is 3.13.